The van der Waals surface area contributed by atoms with Crippen LogP contribution in [-0.2, 0) is 42.9 Å². The lowest BCUT2D eigenvalue weighted by molar-refractivity contribution is -0.211. The third-order valence-electron chi connectivity index (χ3n) is 15.0. The van der Waals surface area contributed by atoms with Crippen LogP contribution in [0.4, 0.5) is 0 Å². The molecule has 1 heterocycles. The molecule has 4 fully saturated rings. The van der Waals surface area contributed by atoms with E-state index >= 15 is 0 Å². The average Bonchev–Trinajstić information content (AvgIpc) is 3.50. The van der Waals surface area contributed by atoms with Gasteiger partial charge < -0.3 is 29.0 Å². The van der Waals surface area contributed by atoms with Crippen LogP contribution in [0.1, 0.15) is 159 Å². The molecular formula is C47H77NO9S. The van der Waals surface area contributed by atoms with Gasteiger partial charge in [0.05, 0.1) is 6.10 Å². The van der Waals surface area contributed by atoms with Gasteiger partial charge in [-0.25, -0.2) is 0 Å². The third kappa shape index (κ3) is 11.6. The van der Waals surface area contributed by atoms with Gasteiger partial charge in [-0.2, -0.15) is 0 Å². The van der Waals surface area contributed by atoms with Gasteiger partial charge in [0.25, 0.3) is 0 Å². The van der Waals surface area contributed by atoms with E-state index in [1.807, 2.05) is 0 Å². The first kappa shape index (κ1) is 46.9. The lowest BCUT2D eigenvalue weighted by Gasteiger charge is -2.58. The van der Waals surface area contributed by atoms with E-state index in [0.717, 1.165) is 86.4 Å². The van der Waals surface area contributed by atoms with Crippen molar-refractivity contribution in [1.29, 1.82) is 0 Å². The molecule has 1 aliphatic heterocycles. The number of thioether (sulfide) groups is 1. The molecule has 1 unspecified atom stereocenters. The molecule has 330 valence electrons. The second-order valence-electron chi connectivity index (χ2n) is 19.5. The molecule has 4 aliphatic carbocycles. The molecule has 0 aromatic heterocycles. The standard InChI is InChI=1S/C47H77NO9S/c1-29(2)15-14-16-30(3)38-19-20-39-37-18-17-35-27-36(21-23-46(35,8)40(37)22-24-47(38,39)9)53-25-12-10-11-13-26-58-45-42(48-31(4)49)44(56-34(7)52)43(55-33(6)51)41(57-45)28-54-32(5)50/h17,29-30,36-45H,10-16,18-28H2,1-9H3,(H,48,49)/t30-,36?,37+,38-,39+,40+,41-,42-,43+,44-,45+,46+,47-/m1/s1. The van der Waals surface area contributed by atoms with Crippen LogP contribution in [0.3, 0.4) is 0 Å². The third-order valence-corrected chi connectivity index (χ3v) is 16.3. The minimum absolute atomic E-state index is 0.188. The van der Waals surface area contributed by atoms with Gasteiger partial charge >= 0.3 is 17.9 Å². The maximum atomic E-state index is 12.3. The maximum Gasteiger partial charge on any atom is 0.303 e. The van der Waals surface area contributed by atoms with Crippen LogP contribution < -0.4 is 5.32 Å². The van der Waals surface area contributed by atoms with E-state index < -0.39 is 47.7 Å². The Morgan fingerprint density at radius 2 is 1.57 bits per heavy atom. The first-order valence-corrected chi connectivity index (χ1v) is 23.9. The summed E-state index contributed by atoms with van der Waals surface area (Å²) >= 11 is 1.50. The zero-order valence-electron chi connectivity index (χ0n) is 37.3. The van der Waals surface area contributed by atoms with Gasteiger partial charge in [0.15, 0.2) is 12.2 Å². The highest BCUT2D eigenvalue weighted by Crippen LogP contribution is 2.67. The van der Waals surface area contributed by atoms with Gasteiger partial charge in [-0.15, -0.1) is 11.8 Å². The quantitative estimate of drug-likeness (QED) is 0.0583. The molecule has 13 atom stereocenters. The molecule has 0 aromatic rings. The Hall–Kier alpha value is -2.11. The van der Waals surface area contributed by atoms with E-state index in [4.69, 9.17) is 23.7 Å². The van der Waals surface area contributed by atoms with Crippen molar-refractivity contribution in [3.8, 4) is 0 Å². The summed E-state index contributed by atoms with van der Waals surface area (Å²) in [7, 11) is 0. The molecule has 58 heavy (non-hydrogen) atoms. The normalized spacial score (nSPS) is 36.1. The number of fused-ring (bicyclic) bond motifs is 5. The number of allylic oxidation sites excluding steroid dienone is 1. The number of carbonyl (C=O) groups excluding carboxylic acids is 4. The summed E-state index contributed by atoms with van der Waals surface area (Å²) in [6.45, 7) is 18.4. The second kappa shape index (κ2) is 21.1. The molecule has 1 N–H and O–H groups in total. The van der Waals surface area contributed by atoms with Crippen molar-refractivity contribution in [2.45, 2.75) is 195 Å². The molecule has 0 radical (unpaired) electrons. The van der Waals surface area contributed by atoms with Crippen molar-refractivity contribution in [3.05, 3.63) is 11.6 Å². The monoisotopic (exact) mass is 832 g/mol. The fraction of sp³-hybridized carbons (Fsp3) is 0.872. The summed E-state index contributed by atoms with van der Waals surface area (Å²) in [6.07, 6.45) is 18.7. The van der Waals surface area contributed by atoms with Gasteiger partial charge in [-0.05, 0) is 116 Å². The van der Waals surface area contributed by atoms with Crippen LogP contribution in [0.5, 0.6) is 0 Å². The van der Waals surface area contributed by atoms with Gasteiger partial charge in [0.1, 0.15) is 24.2 Å². The SMILES string of the molecule is CC(=O)N[C@@H]1[C@@H](OC(C)=O)[C@@H](OC(C)=O)[C@@H](COC(C)=O)O[C@H]1SCCCCCCOC1CC[C@@]2(C)C(=CC[C@H]3[C@@H]4CC[C@H]([C@H](C)CCCC(C)C)[C@@]4(C)CC[C@@H]32)C1. The van der Waals surface area contributed by atoms with Gasteiger partial charge in [-0.3, -0.25) is 19.2 Å². The van der Waals surface area contributed by atoms with E-state index in [9.17, 15) is 19.2 Å². The smallest absolute Gasteiger partial charge is 0.303 e. The Kier molecular flexibility index (Phi) is 17.1. The largest absolute Gasteiger partial charge is 0.463 e. The minimum atomic E-state index is -1.07. The van der Waals surface area contributed by atoms with E-state index in [-0.39, 0.29) is 12.5 Å². The molecule has 0 bridgehead atoms. The molecule has 0 spiro atoms. The molecular weight excluding hydrogens is 755 g/mol. The summed E-state index contributed by atoms with van der Waals surface area (Å²) in [5.41, 5.74) is 1.93. The van der Waals surface area contributed by atoms with Crippen LogP contribution in [-0.4, -0.2) is 78.7 Å². The van der Waals surface area contributed by atoms with Crippen LogP contribution in [0.25, 0.3) is 0 Å². The Morgan fingerprint density at radius 1 is 0.845 bits per heavy atom. The van der Waals surface area contributed by atoms with Gasteiger partial charge in [0, 0.05) is 34.3 Å². The Labute approximate surface area is 354 Å². The predicted molar refractivity (Wildman–Crippen MR) is 228 cm³/mol. The molecule has 0 aromatic carbocycles. The van der Waals surface area contributed by atoms with Crippen molar-refractivity contribution in [2.75, 3.05) is 19.0 Å². The van der Waals surface area contributed by atoms with Crippen molar-refractivity contribution in [2.24, 2.45) is 46.3 Å². The van der Waals surface area contributed by atoms with Crippen molar-refractivity contribution >= 4 is 35.6 Å². The number of hydrogen-bond acceptors (Lipinski definition) is 10. The number of nitrogens with one attached hydrogen (secondary N) is 1. The predicted octanol–water partition coefficient (Wildman–Crippen LogP) is 9.36. The lowest BCUT2D eigenvalue weighted by atomic mass is 9.47. The number of unbranched alkanes of at least 4 members (excludes halogenated alkanes) is 3. The number of ether oxygens (including phenoxy) is 5. The molecule has 3 saturated carbocycles. The van der Waals surface area contributed by atoms with Gasteiger partial charge in [0.2, 0.25) is 5.91 Å². The van der Waals surface area contributed by atoms with E-state index in [1.165, 1.54) is 97.2 Å². The van der Waals surface area contributed by atoms with Crippen LogP contribution >= 0.6 is 11.8 Å². The van der Waals surface area contributed by atoms with E-state index in [2.05, 4.69) is 46.0 Å². The van der Waals surface area contributed by atoms with E-state index in [1.54, 1.807) is 5.57 Å². The molecule has 5 rings (SSSR count). The first-order valence-electron chi connectivity index (χ1n) is 22.9. The Bertz CT molecular complexity index is 1440. The molecule has 1 amide bonds. The molecule has 5 aliphatic rings. The fourth-order valence-electron chi connectivity index (χ4n) is 12.2. The zero-order valence-corrected chi connectivity index (χ0v) is 38.1. The summed E-state index contributed by atoms with van der Waals surface area (Å²) in [4.78, 5) is 48.1. The number of rotatable bonds is 19. The van der Waals surface area contributed by atoms with E-state index in [0.29, 0.717) is 16.9 Å². The fourth-order valence-corrected chi connectivity index (χ4v) is 13.5. The topological polar surface area (TPSA) is 126 Å². The zero-order chi connectivity index (χ0) is 42.2. The molecule has 1 saturated heterocycles. The second-order valence-corrected chi connectivity index (χ2v) is 20.7. The Morgan fingerprint density at radius 3 is 2.26 bits per heavy atom. The van der Waals surface area contributed by atoms with Crippen molar-refractivity contribution in [3.63, 3.8) is 0 Å². The average molecular weight is 832 g/mol. The number of esters is 3. The highest BCUT2D eigenvalue weighted by Gasteiger charge is 2.59. The highest BCUT2D eigenvalue weighted by molar-refractivity contribution is 7.99. The Balaban J connectivity index is 1.06. The van der Waals surface area contributed by atoms with Crippen molar-refractivity contribution < 1.29 is 42.9 Å². The molecule has 10 nitrogen and oxygen atoms in total. The summed E-state index contributed by atoms with van der Waals surface area (Å²) in [6, 6.07) is -0.772. The van der Waals surface area contributed by atoms with Crippen LogP contribution in [0.15, 0.2) is 11.6 Å². The molecule has 11 heteroatoms. The van der Waals surface area contributed by atoms with Gasteiger partial charge in [-0.1, -0.05) is 78.4 Å². The minimum Gasteiger partial charge on any atom is -0.463 e. The van der Waals surface area contributed by atoms with Crippen LogP contribution in [0.2, 0.25) is 0 Å². The number of hydrogen-bond donors (Lipinski definition) is 1. The van der Waals surface area contributed by atoms with Crippen molar-refractivity contribution in [1.82, 2.24) is 5.32 Å². The summed E-state index contributed by atoms with van der Waals surface area (Å²) < 4.78 is 29.2. The van der Waals surface area contributed by atoms with Crippen LogP contribution in [0, 0.1) is 46.3 Å². The first-order chi connectivity index (χ1) is 27.5. The maximum absolute atomic E-state index is 12.3. The number of carbonyl (C=O) groups is 4. The number of amides is 1. The summed E-state index contributed by atoms with van der Waals surface area (Å²) in [5, 5.41) is 2.85. The summed E-state index contributed by atoms with van der Waals surface area (Å²) in [5.74, 6) is 3.83. The highest BCUT2D eigenvalue weighted by atomic mass is 32.2. The lowest BCUT2D eigenvalue weighted by Crippen LogP contribution is -2.65.